The van der Waals surface area contributed by atoms with Crippen LogP contribution in [0.25, 0.3) is 0 Å². The molecule has 1 aliphatic carbocycles. The smallest absolute Gasteiger partial charge is 0.0833 e. The minimum absolute atomic E-state index is 0.0800. The van der Waals surface area contributed by atoms with Gasteiger partial charge in [-0.15, -0.1) is 0 Å². The number of rotatable bonds is 5. The van der Waals surface area contributed by atoms with Crippen LogP contribution < -0.4 is 5.32 Å². The fraction of sp³-hybridized carbons (Fsp3) is 1.00. The zero-order chi connectivity index (χ0) is 12.2. The van der Waals surface area contributed by atoms with Crippen LogP contribution in [0, 0.1) is 11.8 Å². The average Bonchev–Trinajstić information content (AvgIpc) is 2.32. The lowest BCUT2D eigenvalue weighted by Gasteiger charge is -2.46. The van der Waals surface area contributed by atoms with Crippen LogP contribution in [0.15, 0.2) is 0 Å². The van der Waals surface area contributed by atoms with Gasteiger partial charge in [0.2, 0.25) is 0 Å². The highest BCUT2D eigenvalue weighted by Gasteiger charge is 2.42. The van der Waals surface area contributed by atoms with Crippen LogP contribution in [0.2, 0.25) is 0 Å². The van der Waals surface area contributed by atoms with E-state index in [1.54, 1.807) is 0 Å². The van der Waals surface area contributed by atoms with Gasteiger partial charge in [0.25, 0.3) is 0 Å². The van der Waals surface area contributed by atoms with Crippen LogP contribution in [0.3, 0.4) is 0 Å². The molecule has 1 aliphatic rings. The third-order valence-corrected chi connectivity index (χ3v) is 4.62. The van der Waals surface area contributed by atoms with Gasteiger partial charge in [-0.25, -0.2) is 0 Å². The van der Waals surface area contributed by atoms with Crippen molar-refractivity contribution in [2.75, 3.05) is 14.2 Å². The van der Waals surface area contributed by atoms with Gasteiger partial charge in [0, 0.05) is 13.2 Å². The molecule has 16 heavy (non-hydrogen) atoms. The average molecular weight is 227 g/mol. The predicted molar refractivity (Wildman–Crippen MR) is 69.7 cm³/mol. The molecule has 0 aromatic rings. The lowest BCUT2D eigenvalue weighted by atomic mass is 9.71. The highest BCUT2D eigenvalue weighted by Crippen LogP contribution is 2.39. The molecule has 1 fully saturated rings. The quantitative estimate of drug-likeness (QED) is 0.778. The van der Waals surface area contributed by atoms with Crippen molar-refractivity contribution in [1.82, 2.24) is 5.32 Å². The summed E-state index contributed by atoms with van der Waals surface area (Å²) in [6, 6.07) is 0.495. The summed E-state index contributed by atoms with van der Waals surface area (Å²) < 4.78 is 5.94. The van der Waals surface area contributed by atoms with Gasteiger partial charge in [0.05, 0.1) is 5.60 Å². The molecule has 0 heterocycles. The number of likely N-dealkylation sites (N-methyl/N-ethyl adjacent to an activating group) is 1. The highest BCUT2D eigenvalue weighted by molar-refractivity contribution is 4.97. The summed E-state index contributed by atoms with van der Waals surface area (Å²) in [6.45, 7) is 6.96. The summed E-state index contributed by atoms with van der Waals surface area (Å²) in [6.07, 6.45) is 6.25. The molecule has 2 heteroatoms. The first-order chi connectivity index (χ1) is 7.59. The second-order valence-electron chi connectivity index (χ2n) is 5.60. The largest absolute Gasteiger partial charge is 0.377 e. The van der Waals surface area contributed by atoms with E-state index in [9.17, 15) is 0 Å². The third-order valence-electron chi connectivity index (χ3n) is 4.62. The Balaban J connectivity index is 2.76. The van der Waals surface area contributed by atoms with Crippen LogP contribution >= 0.6 is 0 Å². The number of nitrogens with one attached hydrogen (secondary N) is 1. The number of methoxy groups -OCH3 is 1. The van der Waals surface area contributed by atoms with Crippen molar-refractivity contribution in [3.05, 3.63) is 0 Å². The molecule has 0 radical (unpaired) electrons. The fourth-order valence-electron chi connectivity index (χ4n) is 3.19. The molecule has 1 saturated carbocycles. The fourth-order valence-corrected chi connectivity index (χ4v) is 3.19. The van der Waals surface area contributed by atoms with Gasteiger partial charge >= 0.3 is 0 Å². The van der Waals surface area contributed by atoms with E-state index in [1.807, 2.05) is 7.11 Å². The molecule has 2 nitrogen and oxygen atoms in total. The van der Waals surface area contributed by atoms with Gasteiger partial charge in [-0.05, 0) is 44.6 Å². The minimum atomic E-state index is 0.0800. The first kappa shape index (κ1) is 14.0. The number of ether oxygens (including phenoxy) is 1. The highest BCUT2D eigenvalue weighted by atomic mass is 16.5. The van der Waals surface area contributed by atoms with Crippen LogP contribution in [0.1, 0.15) is 52.9 Å². The Morgan fingerprint density at radius 2 is 1.94 bits per heavy atom. The molecule has 0 spiro atoms. The van der Waals surface area contributed by atoms with Crippen LogP contribution in [-0.2, 0) is 4.74 Å². The maximum Gasteiger partial charge on any atom is 0.0833 e. The Bertz CT molecular complexity index is 197. The molecule has 2 unspecified atom stereocenters. The summed E-state index contributed by atoms with van der Waals surface area (Å²) >= 11 is 0. The van der Waals surface area contributed by atoms with Crippen molar-refractivity contribution in [3.63, 3.8) is 0 Å². The van der Waals surface area contributed by atoms with E-state index < -0.39 is 0 Å². The Morgan fingerprint density at radius 1 is 1.38 bits per heavy atom. The van der Waals surface area contributed by atoms with E-state index in [4.69, 9.17) is 4.74 Å². The molecule has 1 rings (SSSR count). The second kappa shape index (κ2) is 6.02. The van der Waals surface area contributed by atoms with Crippen molar-refractivity contribution in [1.29, 1.82) is 0 Å². The van der Waals surface area contributed by atoms with Gasteiger partial charge in [0.15, 0.2) is 0 Å². The van der Waals surface area contributed by atoms with Gasteiger partial charge in [-0.2, -0.15) is 0 Å². The summed E-state index contributed by atoms with van der Waals surface area (Å²) in [5.74, 6) is 1.55. The van der Waals surface area contributed by atoms with E-state index in [1.165, 1.54) is 32.1 Å². The lowest BCUT2D eigenvalue weighted by Crippen LogP contribution is -2.55. The standard InChI is InChI=1S/C14H29NO/c1-6-12(3)13(15-4)14(16-5)9-7-11(2)8-10-14/h11-13,15H,6-10H2,1-5H3. The zero-order valence-corrected chi connectivity index (χ0v) is 11.7. The molecule has 2 atom stereocenters. The molecule has 0 amide bonds. The van der Waals surface area contributed by atoms with E-state index in [2.05, 4.69) is 33.1 Å². The molecule has 0 aromatic carbocycles. The van der Waals surface area contributed by atoms with E-state index in [0.717, 1.165) is 5.92 Å². The monoisotopic (exact) mass is 227 g/mol. The van der Waals surface area contributed by atoms with Crippen molar-refractivity contribution in [2.45, 2.75) is 64.5 Å². The van der Waals surface area contributed by atoms with Crippen LogP contribution in [0.5, 0.6) is 0 Å². The predicted octanol–water partition coefficient (Wildman–Crippen LogP) is 3.22. The maximum absolute atomic E-state index is 5.94. The molecule has 0 aliphatic heterocycles. The Hall–Kier alpha value is -0.0800. The van der Waals surface area contributed by atoms with Crippen molar-refractivity contribution >= 4 is 0 Å². The minimum Gasteiger partial charge on any atom is -0.377 e. The van der Waals surface area contributed by atoms with E-state index >= 15 is 0 Å². The molecule has 0 saturated heterocycles. The van der Waals surface area contributed by atoms with Crippen LogP contribution in [0.4, 0.5) is 0 Å². The Morgan fingerprint density at radius 3 is 2.31 bits per heavy atom. The van der Waals surface area contributed by atoms with Gasteiger partial charge in [-0.3, -0.25) is 0 Å². The summed E-state index contributed by atoms with van der Waals surface area (Å²) in [5.41, 5.74) is 0.0800. The molecule has 96 valence electrons. The molecular weight excluding hydrogens is 198 g/mol. The van der Waals surface area contributed by atoms with Crippen molar-refractivity contribution in [3.8, 4) is 0 Å². The van der Waals surface area contributed by atoms with Crippen molar-refractivity contribution < 1.29 is 4.74 Å². The number of hydrogen-bond acceptors (Lipinski definition) is 2. The molecular formula is C14H29NO. The number of hydrogen-bond donors (Lipinski definition) is 1. The zero-order valence-electron chi connectivity index (χ0n) is 11.7. The third kappa shape index (κ3) is 2.78. The first-order valence-electron chi connectivity index (χ1n) is 6.82. The van der Waals surface area contributed by atoms with E-state index in [0.29, 0.717) is 12.0 Å². The lowest BCUT2D eigenvalue weighted by molar-refractivity contribution is -0.0853. The molecule has 1 N–H and O–H groups in total. The van der Waals surface area contributed by atoms with Crippen LogP contribution in [-0.4, -0.2) is 25.8 Å². The molecule has 0 aromatic heterocycles. The maximum atomic E-state index is 5.94. The van der Waals surface area contributed by atoms with E-state index in [-0.39, 0.29) is 5.60 Å². The molecule has 0 bridgehead atoms. The second-order valence-corrected chi connectivity index (χ2v) is 5.60. The van der Waals surface area contributed by atoms with Gasteiger partial charge in [0.1, 0.15) is 0 Å². The summed E-state index contributed by atoms with van der Waals surface area (Å²) in [5, 5.41) is 3.50. The SMILES string of the molecule is CCC(C)C(NC)C1(OC)CCC(C)CC1. The van der Waals surface area contributed by atoms with Crippen molar-refractivity contribution in [2.24, 2.45) is 11.8 Å². The van der Waals surface area contributed by atoms with Gasteiger partial charge < -0.3 is 10.1 Å². The van der Waals surface area contributed by atoms with Gasteiger partial charge in [-0.1, -0.05) is 27.2 Å². The summed E-state index contributed by atoms with van der Waals surface area (Å²) in [4.78, 5) is 0. The first-order valence-corrected chi connectivity index (χ1v) is 6.82. The topological polar surface area (TPSA) is 21.3 Å². The Labute approximate surface area is 101 Å². The normalized spacial score (nSPS) is 34.7. The Kier molecular flexibility index (Phi) is 5.26. The summed E-state index contributed by atoms with van der Waals surface area (Å²) in [7, 11) is 3.97.